The molecule has 4 rings (SSSR count). The highest BCUT2D eigenvalue weighted by atomic mass is 32.2. The van der Waals surface area contributed by atoms with E-state index in [2.05, 4.69) is 4.98 Å². The molecular formula is C23H26FN3O4S. The number of pyridine rings is 1. The highest BCUT2D eigenvalue weighted by molar-refractivity contribution is 7.89. The zero-order valence-electron chi connectivity index (χ0n) is 18.1. The van der Waals surface area contributed by atoms with Gasteiger partial charge in [-0.25, -0.2) is 12.8 Å². The summed E-state index contributed by atoms with van der Waals surface area (Å²) in [7, 11) is -3.81. The van der Waals surface area contributed by atoms with Crippen molar-refractivity contribution < 1.29 is 22.3 Å². The Kier molecular flexibility index (Phi) is 6.30. The molecule has 1 aliphatic heterocycles. The standard InChI is InChI=1S/C23H26FN3O4S/c1-16(2)31-23-4-3-18(13-21(23)24)32(29,30)27-9-6-17(7-10-27)20-15-26(11-12-28)22-14-25-8-5-19(20)22/h3-5,8,12-17H,6-7,9-11H2,1-2H3. The second kappa shape index (κ2) is 8.99. The number of halogens is 1. The lowest BCUT2D eigenvalue weighted by Crippen LogP contribution is -2.37. The van der Waals surface area contributed by atoms with Gasteiger partial charge in [0.05, 0.1) is 29.3 Å². The molecular weight excluding hydrogens is 433 g/mol. The van der Waals surface area contributed by atoms with Gasteiger partial charge in [0.15, 0.2) is 11.6 Å². The molecule has 170 valence electrons. The number of aromatic nitrogens is 2. The van der Waals surface area contributed by atoms with Gasteiger partial charge in [0.2, 0.25) is 10.0 Å². The van der Waals surface area contributed by atoms with E-state index in [1.165, 1.54) is 16.4 Å². The third-order valence-electron chi connectivity index (χ3n) is 5.78. The quantitative estimate of drug-likeness (QED) is 0.503. The van der Waals surface area contributed by atoms with Gasteiger partial charge >= 0.3 is 0 Å². The summed E-state index contributed by atoms with van der Waals surface area (Å²) in [6.07, 6.45) is 7.35. The molecule has 2 aromatic heterocycles. The number of aldehydes is 1. The number of carbonyl (C=O) groups is 1. The first-order valence-electron chi connectivity index (χ1n) is 10.6. The Bertz CT molecular complexity index is 1230. The van der Waals surface area contributed by atoms with Crippen LogP contribution >= 0.6 is 0 Å². The summed E-state index contributed by atoms with van der Waals surface area (Å²) in [5, 5.41) is 1.03. The molecule has 32 heavy (non-hydrogen) atoms. The molecule has 0 atom stereocenters. The van der Waals surface area contributed by atoms with Gasteiger partial charge in [-0.1, -0.05) is 0 Å². The van der Waals surface area contributed by atoms with E-state index in [0.717, 1.165) is 28.8 Å². The topological polar surface area (TPSA) is 81.5 Å². The number of piperidine rings is 1. The molecule has 1 aliphatic rings. The normalized spacial score (nSPS) is 16.0. The van der Waals surface area contributed by atoms with Crippen molar-refractivity contribution in [3.63, 3.8) is 0 Å². The smallest absolute Gasteiger partial charge is 0.243 e. The predicted molar refractivity (Wildman–Crippen MR) is 119 cm³/mol. The van der Waals surface area contributed by atoms with Crippen molar-refractivity contribution in [1.29, 1.82) is 0 Å². The van der Waals surface area contributed by atoms with Crippen LogP contribution in [0, 0.1) is 5.82 Å². The Balaban J connectivity index is 1.52. The van der Waals surface area contributed by atoms with Gasteiger partial charge in [-0.3, -0.25) is 4.98 Å². The number of hydrogen-bond acceptors (Lipinski definition) is 5. The van der Waals surface area contributed by atoms with Crippen LogP contribution in [0.4, 0.5) is 4.39 Å². The van der Waals surface area contributed by atoms with Gasteiger partial charge in [-0.05, 0) is 62.4 Å². The van der Waals surface area contributed by atoms with Crippen molar-refractivity contribution in [1.82, 2.24) is 13.9 Å². The lowest BCUT2D eigenvalue weighted by Gasteiger charge is -2.31. The summed E-state index contributed by atoms with van der Waals surface area (Å²) in [5.41, 5.74) is 1.99. The van der Waals surface area contributed by atoms with Crippen molar-refractivity contribution in [2.45, 2.75) is 50.2 Å². The largest absolute Gasteiger partial charge is 0.488 e. The maximum Gasteiger partial charge on any atom is 0.243 e. The van der Waals surface area contributed by atoms with E-state index >= 15 is 0 Å². The van der Waals surface area contributed by atoms with Gasteiger partial charge in [0.1, 0.15) is 6.29 Å². The first kappa shape index (κ1) is 22.4. The SMILES string of the molecule is CC(C)Oc1ccc(S(=O)(=O)N2CCC(c3cn(CC=O)c4cnccc34)CC2)cc1F. The van der Waals surface area contributed by atoms with E-state index in [0.29, 0.717) is 25.9 Å². The van der Waals surface area contributed by atoms with Crippen LogP contribution in [0.5, 0.6) is 5.75 Å². The fourth-order valence-corrected chi connectivity index (χ4v) is 5.75. The molecule has 1 saturated heterocycles. The lowest BCUT2D eigenvalue weighted by atomic mass is 9.90. The molecule has 0 bridgehead atoms. The molecule has 0 N–H and O–H groups in total. The van der Waals surface area contributed by atoms with Crippen LogP contribution in [-0.4, -0.2) is 47.8 Å². The minimum atomic E-state index is -3.81. The molecule has 0 radical (unpaired) electrons. The van der Waals surface area contributed by atoms with Crippen molar-refractivity contribution in [2.75, 3.05) is 13.1 Å². The zero-order valence-corrected chi connectivity index (χ0v) is 18.9. The van der Waals surface area contributed by atoms with E-state index in [-0.39, 0.29) is 29.2 Å². The summed E-state index contributed by atoms with van der Waals surface area (Å²) in [6.45, 7) is 4.48. The second-order valence-corrected chi connectivity index (χ2v) is 10.2. The van der Waals surface area contributed by atoms with E-state index in [1.54, 1.807) is 26.2 Å². The minimum absolute atomic E-state index is 0.0406. The van der Waals surface area contributed by atoms with Gasteiger partial charge < -0.3 is 14.1 Å². The van der Waals surface area contributed by atoms with Crippen LogP contribution in [0.2, 0.25) is 0 Å². The summed E-state index contributed by atoms with van der Waals surface area (Å²) >= 11 is 0. The summed E-state index contributed by atoms with van der Waals surface area (Å²) in [4.78, 5) is 15.1. The van der Waals surface area contributed by atoms with Crippen molar-refractivity contribution in [3.05, 3.63) is 54.2 Å². The summed E-state index contributed by atoms with van der Waals surface area (Å²) < 4.78 is 49.2. The monoisotopic (exact) mass is 459 g/mol. The fourth-order valence-electron chi connectivity index (χ4n) is 4.27. The predicted octanol–water partition coefficient (Wildman–Crippen LogP) is 3.73. The molecule has 0 spiro atoms. The van der Waals surface area contributed by atoms with Crippen LogP contribution in [0.1, 0.15) is 38.2 Å². The number of carbonyl (C=O) groups excluding carboxylic acids is 1. The Morgan fingerprint density at radius 2 is 2.00 bits per heavy atom. The maximum absolute atomic E-state index is 14.4. The molecule has 0 amide bonds. The first-order valence-corrected chi connectivity index (χ1v) is 12.1. The number of hydrogen-bond donors (Lipinski definition) is 0. The highest BCUT2D eigenvalue weighted by Gasteiger charge is 2.31. The van der Waals surface area contributed by atoms with Crippen LogP contribution in [0.15, 0.2) is 47.8 Å². The molecule has 7 nitrogen and oxygen atoms in total. The number of ether oxygens (including phenoxy) is 1. The molecule has 1 aromatic carbocycles. The second-order valence-electron chi connectivity index (χ2n) is 8.23. The number of nitrogens with zero attached hydrogens (tertiary/aromatic N) is 3. The van der Waals surface area contributed by atoms with E-state index in [1.807, 2.05) is 16.8 Å². The minimum Gasteiger partial charge on any atom is -0.488 e. The Morgan fingerprint density at radius 3 is 2.66 bits per heavy atom. The Labute approximate surface area is 186 Å². The summed E-state index contributed by atoms with van der Waals surface area (Å²) in [6, 6.07) is 5.71. The highest BCUT2D eigenvalue weighted by Crippen LogP contribution is 2.36. The van der Waals surface area contributed by atoms with Crippen molar-refractivity contribution in [3.8, 4) is 5.75 Å². The Morgan fingerprint density at radius 1 is 1.25 bits per heavy atom. The molecule has 0 aliphatic carbocycles. The zero-order chi connectivity index (χ0) is 22.9. The first-order chi connectivity index (χ1) is 15.3. The van der Waals surface area contributed by atoms with Crippen LogP contribution in [-0.2, 0) is 21.4 Å². The van der Waals surface area contributed by atoms with E-state index in [4.69, 9.17) is 4.74 Å². The average molecular weight is 460 g/mol. The van der Waals surface area contributed by atoms with Gasteiger partial charge in [0.25, 0.3) is 0 Å². The molecule has 3 aromatic rings. The van der Waals surface area contributed by atoms with Crippen LogP contribution in [0.3, 0.4) is 0 Å². The number of rotatable bonds is 7. The molecule has 0 unspecified atom stereocenters. The molecule has 3 heterocycles. The molecule has 9 heteroatoms. The average Bonchev–Trinajstić information content (AvgIpc) is 3.14. The van der Waals surface area contributed by atoms with Crippen molar-refractivity contribution >= 4 is 27.2 Å². The van der Waals surface area contributed by atoms with Crippen LogP contribution in [0.25, 0.3) is 10.9 Å². The van der Waals surface area contributed by atoms with Gasteiger partial charge in [-0.2, -0.15) is 4.31 Å². The Hall–Kier alpha value is -2.78. The maximum atomic E-state index is 14.4. The summed E-state index contributed by atoms with van der Waals surface area (Å²) in [5.74, 6) is -0.483. The van der Waals surface area contributed by atoms with Gasteiger partial charge in [0, 0.05) is 30.9 Å². The number of sulfonamides is 1. The van der Waals surface area contributed by atoms with E-state index in [9.17, 15) is 17.6 Å². The third-order valence-corrected chi connectivity index (χ3v) is 7.68. The van der Waals surface area contributed by atoms with Crippen molar-refractivity contribution in [2.24, 2.45) is 0 Å². The fraction of sp³-hybridized carbons (Fsp3) is 0.391. The molecule has 0 saturated carbocycles. The third kappa shape index (κ3) is 4.27. The lowest BCUT2D eigenvalue weighted by molar-refractivity contribution is -0.108. The number of fused-ring (bicyclic) bond motifs is 1. The molecule has 1 fully saturated rings. The van der Waals surface area contributed by atoms with Crippen LogP contribution < -0.4 is 4.74 Å². The van der Waals surface area contributed by atoms with E-state index < -0.39 is 15.8 Å². The van der Waals surface area contributed by atoms with Gasteiger partial charge in [-0.15, -0.1) is 0 Å². The number of benzene rings is 1.